The lowest BCUT2D eigenvalue weighted by molar-refractivity contribution is -0.109. The molecule has 0 atom stereocenters. The fourth-order valence-electron chi connectivity index (χ4n) is 1.18. The van der Waals surface area contributed by atoms with E-state index in [1.807, 2.05) is 0 Å². The molecule has 0 amide bonds. The number of aldehydes is 1. The van der Waals surface area contributed by atoms with Crippen LogP contribution in [0, 0.1) is 0 Å². The Morgan fingerprint density at radius 3 is 3.25 bits per heavy atom. The summed E-state index contributed by atoms with van der Waals surface area (Å²) in [5.41, 5.74) is -0.655. The van der Waals surface area contributed by atoms with Gasteiger partial charge in [-0.25, -0.2) is 4.98 Å². The van der Waals surface area contributed by atoms with Gasteiger partial charge in [0.1, 0.15) is 12.1 Å². The van der Waals surface area contributed by atoms with Crippen LogP contribution in [0.5, 0.6) is 5.88 Å². The fourth-order valence-corrected chi connectivity index (χ4v) is 1.18. The second-order valence-electron chi connectivity index (χ2n) is 2.90. The Balaban J connectivity index is 2.67. The van der Waals surface area contributed by atoms with Gasteiger partial charge < -0.3 is 4.74 Å². The van der Waals surface area contributed by atoms with Crippen LogP contribution in [0.1, 0.15) is 4.11 Å². The highest BCUT2D eigenvalue weighted by Gasteiger charge is 2.04. The van der Waals surface area contributed by atoms with Gasteiger partial charge in [-0.15, -0.1) is 0 Å². The number of pyridine rings is 1. The molecule has 0 N–H and O–H groups in total. The molecule has 0 saturated heterocycles. The Kier molecular flexibility index (Phi) is 1.82. The van der Waals surface area contributed by atoms with Gasteiger partial charge in [0.15, 0.2) is 11.9 Å². The van der Waals surface area contributed by atoms with Crippen LogP contribution in [0.15, 0.2) is 23.1 Å². The van der Waals surface area contributed by atoms with Gasteiger partial charge in [0.25, 0.3) is 5.56 Å². The van der Waals surface area contributed by atoms with Crippen molar-refractivity contribution in [3.8, 4) is 5.88 Å². The van der Waals surface area contributed by atoms with Crippen molar-refractivity contribution in [2.75, 3.05) is 6.61 Å². The topological polar surface area (TPSA) is 74.1 Å². The molecule has 6 heteroatoms. The molecule has 16 heavy (non-hydrogen) atoms. The number of aryl methyl sites for hydroxylation is 1. The molecule has 2 heterocycles. The zero-order valence-corrected chi connectivity index (χ0v) is 8.08. The van der Waals surface area contributed by atoms with Gasteiger partial charge in [-0.1, -0.05) is 0 Å². The summed E-state index contributed by atoms with van der Waals surface area (Å²) in [5.74, 6) is 0.0463. The number of fused-ring (bicyclic) bond motifs is 1. The van der Waals surface area contributed by atoms with Gasteiger partial charge in [-0.05, 0) is 6.07 Å². The van der Waals surface area contributed by atoms with Gasteiger partial charge in [-0.3, -0.25) is 14.2 Å². The smallest absolute Gasteiger partial charge is 0.270 e. The first kappa shape index (κ1) is 7.10. The zero-order valence-electron chi connectivity index (χ0n) is 11.1. The molecule has 0 radical (unpaired) electrons. The van der Waals surface area contributed by atoms with E-state index in [0.717, 1.165) is 6.20 Å². The number of aromatic nitrogens is 3. The molecule has 0 saturated carbocycles. The van der Waals surface area contributed by atoms with Gasteiger partial charge in [-0.2, -0.15) is 4.98 Å². The summed E-state index contributed by atoms with van der Waals surface area (Å²) in [6.45, 7) is -2.88. The van der Waals surface area contributed by atoms with Crippen molar-refractivity contribution in [2.45, 2.75) is 0 Å². The van der Waals surface area contributed by atoms with Gasteiger partial charge in [0, 0.05) is 17.2 Å². The molecule has 6 nitrogen and oxygen atoms in total. The van der Waals surface area contributed by atoms with E-state index in [9.17, 15) is 9.59 Å². The molecule has 0 fully saturated rings. The standard InChI is InChI=1S/C10H9N3O3/c1-13-9(15)6-11-7-2-3-8(12-10(7)13)16-5-4-14/h2-4,6H,5H2,1H3/i1D3. The SMILES string of the molecule is [2H]C([2H])([2H])n1c(=O)cnc2ccc(OCC=O)nc21. The predicted octanol–water partition coefficient (Wildman–Crippen LogP) is -0.0938. The molecule has 0 spiro atoms. The molecule has 2 aromatic rings. The van der Waals surface area contributed by atoms with E-state index in [4.69, 9.17) is 8.85 Å². The van der Waals surface area contributed by atoms with Crippen LogP contribution < -0.4 is 10.3 Å². The summed E-state index contributed by atoms with van der Waals surface area (Å²) >= 11 is 0. The van der Waals surface area contributed by atoms with Crippen LogP contribution >= 0.6 is 0 Å². The average Bonchev–Trinajstić information content (AvgIpc) is 2.34. The summed E-state index contributed by atoms with van der Waals surface area (Å²) in [5, 5.41) is 0. The summed E-state index contributed by atoms with van der Waals surface area (Å²) < 4.78 is 27.5. The second kappa shape index (κ2) is 4.09. The number of ether oxygens (including phenoxy) is 1. The zero-order chi connectivity index (χ0) is 14.0. The van der Waals surface area contributed by atoms with Crippen molar-refractivity contribution in [3.05, 3.63) is 28.7 Å². The first-order chi connectivity index (χ1) is 8.93. The first-order valence-corrected chi connectivity index (χ1v) is 4.39. The van der Waals surface area contributed by atoms with Crippen LogP contribution in [0.2, 0.25) is 0 Å². The Labute approximate surface area is 94.7 Å². The van der Waals surface area contributed by atoms with Crippen LogP contribution in [-0.4, -0.2) is 27.4 Å². The van der Waals surface area contributed by atoms with Crippen molar-refractivity contribution in [3.63, 3.8) is 0 Å². The lowest BCUT2D eigenvalue weighted by Gasteiger charge is -2.05. The Morgan fingerprint density at radius 2 is 2.50 bits per heavy atom. The molecular formula is C10H9N3O3. The Bertz CT molecular complexity index is 681. The lowest BCUT2D eigenvalue weighted by Crippen LogP contribution is -2.17. The number of hydrogen-bond acceptors (Lipinski definition) is 5. The van der Waals surface area contributed by atoms with Crippen molar-refractivity contribution >= 4 is 17.5 Å². The van der Waals surface area contributed by atoms with Crippen LogP contribution in [0.25, 0.3) is 11.2 Å². The highest BCUT2D eigenvalue weighted by atomic mass is 16.5. The number of hydrogen-bond donors (Lipinski definition) is 0. The molecule has 0 unspecified atom stereocenters. The van der Waals surface area contributed by atoms with E-state index in [2.05, 4.69) is 9.97 Å². The highest BCUT2D eigenvalue weighted by molar-refractivity contribution is 5.70. The third kappa shape index (κ3) is 1.77. The van der Waals surface area contributed by atoms with E-state index in [1.165, 1.54) is 12.1 Å². The number of carbonyl (C=O) groups excluding carboxylic acids is 1. The molecule has 82 valence electrons. The minimum absolute atomic E-state index is 0.0463. The third-order valence-corrected chi connectivity index (χ3v) is 1.87. The Hall–Kier alpha value is -2.24. The van der Waals surface area contributed by atoms with Crippen molar-refractivity contribution in [1.29, 1.82) is 0 Å². The van der Waals surface area contributed by atoms with Crippen molar-refractivity contribution in [2.24, 2.45) is 6.98 Å². The molecule has 2 rings (SSSR count). The van der Waals surface area contributed by atoms with Gasteiger partial charge in [0.05, 0.1) is 6.20 Å². The molecule has 0 aliphatic carbocycles. The fraction of sp³-hybridized carbons (Fsp3) is 0.200. The number of carbonyl (C=O) groups is 1. The first-order valence-electron chi connectivity index (χ1n) is 5.89. The predicted molar refractivity (Wildman–Crippen MR) is 56.3 cm³/mol. The third-order valence-electron chi connectivity index (χ3n) is 1.87. The summed E-state index contributed by atoms with van der Waals surface area (Å²) in [6.07, 6.45) is 1.45. The number of rotatable bonds is 3. The Morgan fingerprint density at radius 1 is 1.62 bits per heavy atom. The monoisotopic (exact) mass is 222 g/mol. The molecule has 0 aliphatic heterocycles. The van der Waals surface area contributed by atoms with Crippen LogP contribution in [0.4, 0.5) is 0 Å². The number of nitrogens with zero attached hydrogens (tertiary/aromatic N) is 3. The maximum atomic E-state index is 11.6. The molecule has 2 aromatic heterocycles. The van der Waals surface area contributed by atoms with Crippen LogP contribution in [0.3, 0.4) is 0 Å². The maximum absolute atomic E-state index is 11.6. The quantitative estimate of drug-likeness (QED) is 0.678. The van der Waals surface area contributed by atoms with Crippen molar-refractivity contribution in [1.82, 2.24) is 14.5 Å². The summed E-state index contributed by atoms with van der Waals surface area (Å²) in [7, 11) is 0. The minimum Gasteiger partial charge on any atom is -0.470 e. The van der Waals surface area contributed by atoms with Crippen molar-refractivity contribution < 1.29 is 13.6 Å². The maximum Gasteiger partial charge on any atom is 0.270 e. The summed E-state index contributed by atoms with van der Waals surface area (Å²) in [4.78, 5) is 29.5. The normalized spacial score (nSPS) is 13.9. The second-order valence-corrected chi connectivity index (χ2v) is 2.90. The lowest BCUT2D eigenvalue weighted by atomic mass is 10.4. The van der Waals surface area contributed by atoms with E-state index in [0.29, 0.717) is 10.9 Å². The highest BCUT2D eigenvalue weighted by Crippen LogP contribution is 2.12. The molecule has 0 bridgehead atoms. The van der Waals surface area contributed by atoms with Gasteiger partial charge >= 0.3 is 0 Å². The molecular weight excluding hydrogens is 210 g/mol. The van der Waals surface area contributed by atoms with E-state index in [-0.39, 0.29) is 23.7 Å². The summed E-state index contributed by atoms with van der Waals surface area (Å²) in [6, 6.07) is 2.90. The van der Waals surface area contributed by atoms with Crippen LogP contribution in [-0.2, 0) is 11.8 Å². The molecule has 0 aliphatic rings. The van der Waals surface area contributed by atoms with E-state index < -0.39 is 12.5 Å². The van der Waals surface area contributed by atoms with Gasteiger partial charge in [0.2, 0.25) is 5.88 Å². The largest absolute Gasteiger partial charge is 0.470 e. The minimum atomic E-state index is -2.67. The van der Waals surface area contributed by atoms with E-state index >= 15 is 0 Å². The average molecular weight is 222 g/mol. The van der Waals surface area contributed by atoms with E-state index in [1.54, 1.807) is 0 Å². The molecule has 0 aromatic carbocycles.